The van der Waals surface area contributed by atoms with Crippen LogP contribution in [0.4, 0.5) is 5.69 Å². The Balaban J connectivity index is 2.13. The summed E-state index contributed by atoms with van der Waals surface area (Å²) in [6.07, 6.45) is 1.72. The zero-order valence-electron chi connectivity index (χ0n) is 11.3. The lowest BCUT2D eigenvalue weighted by atomic mass is 10.0. The van der Waals surface area contributed by atoms with Gasteiger partial charge in [0.05, 0.1) is 23.4 Å². The second-order valence-electron chi connectivity index (χ2n) is 4.49. The lowest BCUT2D eigenvalue weighted by Gasteiger charge is -2.06. The maximum absolute atomic E-state index is 12.0. The van der Waals surface area contributed by atoms with Crippen molar-refractivity contribution in [2.45, 2.75) is 13.3 Å². The fourth-order valence-electron chi connectivity index (χ4n) is 1.97. The summed E-state index contributed by atoms with van der Waals surface area (Å²) in [7, 11) is 1.77. The van der Waals surface area contributed by atoms with Crippen LogP contribution < -0.4 is 5.32 Å². The molecule has 0 spiro atoms. The standard InChI is InChI=1S/C14H15N3O3/c1-9-12(8-17(2)16-9)15-13(18)7-10-5-3-4-6-11(10)14(19)20/h3-6,8H,7H2,1-2H3,(H,15,18)(H,19,20). The molecule has 2 N–H and O–H groups in total. The highest BCUT2D eigenvalue weighted by Crippen LogP contribution is 2.14. The van der Waals surface area contributed by atoms with Crippen molar-refractivity contribution >= 4 is 17.6 Å². The van der Waals surface area contributed by atoms with Crippen molar-refractivity contribution in [1.29, 1.82) is 0 Å². The van der Waals surface area contributed by atoms with Crippen molar-refractivity contribution in [3.05, 3.63) is 47.3 Å². The van der Waals surface area contributed by atoms with Crippen LogP contribution in [0, 0.1) is 6.92 Å². The van der Waals surface area contributed by atoms with Gasteiger partial charge in [-0.2, -0.15) is 5.10 Å². The van der Waals surface area contributed by atoms with E-state index in [1.54, 1.807) is 43.0 Å². The summed E-state index contributed by atoms with van der Waals surface area (Å²) in [6.45, 7) is 1.79. The smallest absolute Gasteiger partial charge is 0.335 e. The molecule has 20 heavy (non-hydrogen) atoms. The van der Waals surface area contributed by atoms with Crippen LogP contribution in [-0.4, -0.2) is 26.8 Å². The zero-order valence-corrected chi connectivity index (χ0v) is 11.3. The van der Waals surface area contributed by atoms with Crippen LogP contribution in [0.3, 0.4) is 0 Å². The summed E-state index contributed by atoms with van der Waals surface area (Å²) in [6, 6.07) is 6.47. The molecule has 104 valence electrons. The molecule has 0 fully saturated rings. The van der Waals surface area contributed by atoms with Crippen LogP contribution in [0.1, 0.15) is 21.6 Å². The predicted octanol–water partition coefficient (Wildman–Crippen LogP) is 1.61. The van der Waals surface area contributed by atoms with Crippen LogP contribution in [0.25, 0.3) is 0 Å². The van der Waals surface area contributed by atoms with Crippen molar-refractivity contribution < 1.29 is 14.7 Å². The minimum atomic E-state index is -1.04. The number of carbonyl (C=O) groups excluding carboxylic acids is 1. The molecule has 1 aromatic heterocycles. The molecule has 0 atom stereocenters. The summed E-state index contributed by atoms with van der Waals surface area (Å²) >= 11 is 0. The molecule has 0 aliphatic rings. The number of amides is 1. The molecule has 0 aliphatic heterocycles. The minimum absolute atomic E-state index is 0.0107. The van der Waals surface area contributed by atoms with Crippen molar-refractivity contribution in [2.75, 3.05) is 5.32 Å². The summed E-state index contributed by atoms with van der Waals surface area (Å²) in [5.74, 6) is -1.30. The molecule has 1 amide bonds. The van der Waals surface area contributed by atoms with Crippen LogP contribution in [0.5, 0.6) is 0 Å². The molecule has 0 saturated carbocycles. The van der Waals surface area contributed by atoms with Crippen molar-refractivity contribution in [2.24, 2.45) is 7.05 Å². The second kappa shape index (κ2) is 5.56. The van der Waals surface area contributed by atoms with Gasteiger partial charge < -0.3 is 10.4 Å². The molecule has 1 heterocycles. The van der Waals surface area contributed by atoms with Gasteiger partial charge in [0, 0.05) is 13.2 Å². The Morgan fingerprint density at radius 2 is 2.05 bits per heavy atom. The average Bonchev–Trinajstić information content (AvgIpc) is 2.68. The number of hydrogen-bond donors (Lipinski definition) is 2. The first kappa shape index (κ1) is 13.8. The number of carboxylic acid groups (broad SMARTS) is 1. The van der Waals surface area contributed by atoms with E-state index in [-0.39, 0.29) is 17.9 Å². The molecule has 6 nitrogen and oxygen atoms in total. The summed E-state index contributed by atoms with van der Waals surface area (Å²) in [4.78, 5) is 23.1. The largest absolute Gasteiger partial charge is 0.478 e. The maximum Gasteiger partial charge on any atom is 0.335 e. The van der Waals surface area contributed by atoms with Gasteiger partial charge in [0.1, 0.15) is 0 Å². The van der Waals surface area contributed by atoms with Crippen LogP contribution >= 0.6 is 0 Å². The number of aromatic carboxylic acids is 1. The number of carbonyl (C=O) groups is 2. The van der Waals surface area contributed by atoms with Gasteiger partial charge in [-0.15, -0.1) is 0 Å². The average molecular weight is 273 g/mol. The fraction of sp³-hybridized carbons (Fsp3) is 0.214. The second-order valence-corrected chi connectivity index (χ2v) is 4.49. The first-order valence-corrected chi connectivity index (χ1v) is 6.08. The maximum atomic E-state index is 12.0. The number of nitrogens with one attached hydrogen (secondary N) is 1. The van der Waals surface area contributed by atoms with E-state index in [1.807, 2.05) is 0 Å². The molecule has 2 aromatic rings. The van der Waals surface area contributed by atoms with Gasteiger partial charge in [-0.3, -0.25) is 9.48 Å². The van der Waals surface area contributed by atoms with E-state index in [1.165, 1.54) is 6.07 Å². The lowest BCUT2D eigenvalue weighted by molar-refractivity contribution is -0.115. The lowest BCUT2D eigenvalue weighted by Crippen LogP contribution is -2.16. The van der Waals surface area contributed by atoms with E-state index >= 15 is 0 Å². The van der Waals surface area contributed by atoms with Gasteiger partial charge in [-0.05, 0) is 18.6 Å². The van der Waals surface area contributed by atoms with E-state index in [2.05, 4.69) is 10.4 Å². The molecule has 6 heteroatoms. The van der Waals surface area contributed by atoms with Gasteiger partial charge >= 0.3 is 5.97 Å². The number of anilines is 1. The van der Waals surface area contributed by atoms with Crippen LogP contribution in [0.2, 0.25) is 0 Å². The van der Waals surface area contributed by atoms with Crippen molar-refractivity contribution in [1.82, 2.24) is 9.78 Å². The summed E-state index contributed by atoms with van der Waals surface area (Å²) in [5.41, 5.74) is 1.97. The molecule has 0 saturated heterocycles. The Kier molecular flexibility index (Phi) is 3.84. The number of aryl methyl sites for hydroxylation is 2. The minimum Gasteiger partial charge on any atom is -0.478 e. The predicted molar refractivity (Wildman–Crippen MR) is 73.7 cm³/mol. The van der Waals surface area contributed by atoms with Gasteiger partial charge in [0.15, 0.2) is 0 Å². The number of carboxylic acids is 1. The van der Waals surface area contributed by atoms with E-state index in [4.69, 9.17) is 5.11 Å². The number of hydrogen-bond acceptors (Lipinski definition) is 3. The molecule has 0 unspecified atom stereocenters. The Morgan fingerprint density at radius 1 is 1.35 bits per heavy atom. The van der Waals surface area contributed by atoms with E-state index < -0.39 is 5.97 Å². The van der Waals surface area contributed by atoms with Gasteiger partial charge in [0.2, 0.25) is 5.91 Å². The fourth-order valence-corrected chi connectivity index (χ4v) is 1.97. The first-order chi connectivity index (χ1) is 9.47. The van der Waals surface area contributed by atoms with Gasteiger partial charge in [0.25, 0.3) is 0 Å². The normalized spacial score (nSPS) is 10.3. The highest BCUT2D eigenvalue weighted by molar-refractivity contribution is 5.96. The third kappa shape index (κ3) is 3.03. The van der Waals surface area contributed by atoms with E-state index in [0.29, 0.717) is 16.9 Å². The summed E-state index contributed by atoms with van der Waals surface area (Å²) in [5, 5.41) is 15.9. The number of nitrogens with zero attached hydrogens (tertiary/aromatic N) is 2. The third-order valence-corrected chi connectivity index (χ3v) is 2.89. The number of benzene rings is 1. The monoisotopic (exact) mass is 273 g/mol. The van der Waals surface area contributed by atoms with Gasteiger partial charge in [-0.1, -0.05) is 18.2 Å². The van der Waals surface area contributed by atoms with Crippen molar-refractivity contribution in [3.8, 4) is 0 Å². The topological polar surface area (TPSA) is 84.2 Å². The Hall–Kier alpha value is -2.63. The molecule has 0 bridgehead atoms. The Labute approximate surface area is 116 Å². The van der Waals surface area contributed by atoms with E-state index in [0.717, 1.165) is 0 Å². The molecule has 0 aliphatic carbocycles. The van der Waals surface area contributed by atoms with Crippen LogP contribution in [0.15, 0.2) is 30.5 Å². The Bertz CT molecular complexity index is 661. The summed E-state index contributed by atoms with van der Waals surface area (Å²) < 4.78 is 1.61. The molecule has 0 radical (unpaired) electrons. The molecular weight excluding hydrogens is 258 g/mol. The highest BCUT2D eigenvalue weighted by atomic mass is 16.4. The SMILES string of the molecule is Cc1nn(C)cc1NC(=O)Cc1ccccc1C(=O)O. The molecule has 2 rings (SSSR count). The quantitative estimate of drug-likeness (QED) is 0.886. The van der Waals surface area contributed by atoms with E-state index in [9.17, 15) is 9.59 Å². The van der Waals surface area contributed by atoms with Crippen molar-refractivity contribution in [3.63, 3.8) is 0 Å². The molecular formula is C14H15N3O3. The van der Waals surface area contributed by atoms with Crippen LogP contribution in [-0.2, 0) is 18.3 Å². The van der Waals surface area contributed by atoms with Gasteiger partial charge in [-0.25, -0.2) is 4.79 Å². The zero-order chi connectivity index (χ0) is 14.7. The first-order valence-electron chi connectivity index (χ1n) is 6.08. The highest BCUT2D eigenvalue weighted by Gasteiger charge is 2.13. The number of aromatic nitrogens is 2. The Morgan fingerprint density at radius 3 is 2.65 bits per heavy atom. The number of rotatable bonds is 4. The molecule has 1 aromatic carbocycles. The third-order valence-electron chi connectivity index (χ3n) is 2.89.